The molecule has 0 unspecified atom stereocenters. The molecule has 0 aliphatic rings. The van der Waals surface area contributed by atoms with Crippen molar-refractivity contribution in [3.8, 4) is 0 Å². The van der Waals surface area contributed by atoms with Crippen LogP contribution in [0.2, 0.25) is 0 Å². The molecule has 0 radical (unpaired) electrons. The molecule has 0 fully saturated rings. The monoisotopic (exact) mass is 264 g/mol. The van der Waals surface area contributed by atoms with Crippen LogP contribution in [0.5, 0.6) is 0 Å². The lowest BCUT2D eigenvalue weighted by molar-refractivity contribution is 0.601. The van der Waals surface area contributed by atoms with Crippen molar-refractivity contribution in [2.45, 2.75) is 11.8 Å². The number of rotatable bonds is 3. The van der Waals surface area contributed by atoms with Gasteiger partial charge in [-0.25, -0.2) is 13.4 Å². The minimum absolute atomic E-state index is 0.0266. The first-order valence-electron chi connectivity index (χ1n) is 5.14. The molecular weight excluding hydrogens is 252 g/mol. The Kier molecular flexibility index (Phi) is 3.15. The predicted molar refractivity (Wildman–Crippen MR) is 68.4 cm³/mol. The van der Waals surface area contributed by atoms with Crippen LogP contribution in [0, 0.1) is 6.92 Å². The van der Waals surface area contributed by atoms with Gasteiger partial charge in [-0.05, 0) is 24.6 Å². The molecule has 7 heteroatoms. The quantitative estimate of drug-likeness (QED) is 0.811. The fourth-order valence-corrected chi connectivity index (χ4v) is 2.56. The highest BCUT2D eigenvalue weighted by molar-refractivity contribution is 7.92. The second-order valence-electron chi connectivity index (χ2n) is 3.74. The number of hydrogen-bond acceptors (Lipinski definition) is 5. The second kappa shape index (κ2) is 4.61. The predicted octanol–water partition coefficient (Wildman–Crippen LogP) is 1.17. The molecule has 1 heterocycles. The highest BCUT2D eigenvalue weighted by Crippen LogP contribution is 2.21. The van der Waals surface area contributed by atoms with Gasteiger partial charge < -0.3 is 5.73 Å². The van der Waals surface area contributed by atoms with Gasteiger partial charge in [0.25, 0.3) is 10.0 Å². The zero-order valence-corrected chi connectivity index (χ0v) is 10.5. The molecule has 94 valence electrons. The lowest BCUT2D eigenvalue weighted by Crippen LogP contribution is -2.15. The van der Waals surface area contributed by atoms with E-state index in [0.29, 0.717) is 0 Å². The van der Waals surface area contributed by atoms with E-state index in [1.807, 2.05) is 6.92 Å². The van der Waals surface area contributed by atoms with E-state index in [2.05, 4.69) is 14.7 Å². The maximum absolute atomic E-state index is 12.1. The van der Waals surface area contributed by atoms with Crippen LogP contribution < -0.4 is 10.5 Å². The van der Waals surface area contributed by atoms with Gasteiger partial charge in [-0.15, -0.1) is 0 Å². The van der Waals surface area contributed by atoms with Gasteiger partial charge in [0.05, 0.1) is 11.9 Å². The fourth-order valence-electron chi connectivity index (χ4n) is 1.46. The van der Waals surface area contributed by atoms with Crippen LogP contribution in [0.3, 0.4) is 0 Å². The summed E-state index contributed by atoms with van der Waals surface area (Å²) in [5, 5.41) is 0. The van der Waals surface area contributed by atoms with Gasteiger partial charge >= 0.3 is 0 Å². The Morgan fingerprint density at radius 2 is 2.06 bits per heavy atom. The van der Waals surface area contributed by atoms with Gasteiger partial charge in [0.15, 0.2) is 5.82 Å². The number of anilines is 2. The number of aryl methyl sites for hydroxylation is 1. The van der Waals surface area contributed by atoms with Crippen molar-refractivity contribution in [2.24, 2.45) is 0 Å². The molecule has 0 aliphatic heterocycles. The maximum atomic E-state index is 12.1. The lowest BCUT2D eigenvalue weighted by atomic mass is 10.2. The summed E-state index contributed by atoms with van der Waals surface area (Å²) in [6.45, 7) is 1.84. The Morgan fingerprint density at radius 1 is 1.28 bits per heavy atom. The third-order valence-corrected chi connectivity index (χ3v) is 3.69. The number of aromatic nitrogens is 2. The average molecular weight is 264 g/mol. The number of nitrogen functional groups attached to an aromatic ring is 1. The van der Waals surface area contributed by atoms with E-state index in [0.717, 1.165) is 5.56 Å². The summed E-state index contributed by atoms with van der Waals surface area (Å²) in [6.07, 6.45) is 4.18. The normalized spacial score (nSPS) is 11.2. The molecule has 6 nitrogen and oxygen atoms in total. The first-order valence-corrected chi connectivity index (χ1v) is 6.62. The number of nitrogens with two attached hydrogens (primary N) is 1. The van der Waals surface area contributed by atoms with Gasteiger partial charge in [-0.2, -0.15) is 0 Å². The molecule has 0 atom stereocenters. The molecule has 0 saturated heterocycles. The molecule has 2 aromatic rings. The Labute approximate surface area is 105 Å². The van der Waals surface area contributed by atoms with Crippen LogP contribution >= 0.6 is 0 Å². The summed E-state index contributed by atoms with van der Waals surface area (Å²) in [4.78, 5) is 7.65. The van der Waals surface area contributed by atoms with Crippen molar-refractivity contribution in [1.82, 2.24) is 9.97 Å². The fraction of sp³-hybridized carbons (Fsp3) is 0.0909. The third-order valence-electron chi connectivity index (χ3n) is 2.26. The van der Waals surface area contributed by atoms with E-state index in [1.54, 1.807) is 12.1 Å². The zero-order chi connectivity index (χ0) is 13.2. The highest BCUT2D eigenvalue weighted by atomic mass is 32.2. The van der Waals surface area contributed by atoms with Gasteiger partial charge in [-0.3, -0.25) is 9.71 Å². The topological polar surface area (TPSA) is 98.0 Å². The summed E-state index contributed by atoms with van der Waals surface area (Å²) in [6, 6.07) is 4.75. The number of hydrogen-bond donors (Lipinski definition) is 2. The smallest absolute Gasteiger partial charge is 0.265 e. The van der Waals surface area contributed by atoms with E-state index in [-0.39, 0.29) is 16.4 Å². The lowest BCUT2D eigenvalue weighted by Gasteiger charge is -2.09. The number of nitrogens with one attached hydrogen (secondary N) is 1. The minimum Gasteiger partial charge on any atom is -0.398 e. The van der Waals surface area contributed by atoms with Gasteiger partial charge in [0.1, 0.15) is 4.90 Å². The van der Waals surface area contributed by atoms with Crippen molar-refractivity contribution in [2.75, 3.05) is 10.5 Å². The standard InChI is InChI=1S/C11H12N4O2S/c1-8-2-3-10(9(12)6-8)18(16,17)15-11-7-13-4-5-14-11/h2-7H,12H2,1H3,(H,14,15). The van der Waals surface area contributed by atoms with Crippen LogP contribution in [0.1, 0.15) is 5.56 Å². The summed E-state index contributed by atoms with van der Waals surface area (Å²) < 4.78 is 26.5. The van der Waals surface area contributed by atoms with Crippen LogP contribution in [0.15, 0.2) is 41.7 Å². The Balaban J connectivity index is 2.37. The molecule has 0 spiro atoms. The Hall–Kier alpha value is -2.15. The maximum Gasteiger partial charge on any atom is 0.265 e. The Bertz CT molecular complexity index is 656. The van der Waals surface area contributed by atoms with E-state index in [4.69, 9.17) is 5.73 Å². The summed E-state index contributed by atoms with van der Waals surface area (Å²) in [5.41, 5.74) is 6.80. The summed E-state index contributed by atoms with van der Waals surface area (Å²) in [7, 11) is -3.74. The SMILES string of the molecule is Cc1ccc(S(=O)(=O)Nc2cnccn2)c(N)c1. The molecule has 0 saturated carbocycles. The van der Waals surface area contributed by atoms with E-state index >= 15 is 0 Å². The number of sulfonamides is 1. The Morgan fingerprint density at radius 3 is 2.67 bits per heavy atom. The molecule has 1 aromatic heterocycles. The van der Waals surface area contributed by atoms with Crippen molar-refractivity contribution in [3.05, 3.63) is 42.4 Å². The molecule has 0 aliphatic carbocycles. The van der Waals surface area contributed by atoms with Gasteiger partial charge in [0, 0.05) is 12.4 Å². The molecule has 0 amide bonds. The van der Waals surface area contributed by atoms with Crippen LogP contribution in [-0.4, -0.2) is 18.4 Å². The third kappa shape index (κ3) is 2.57. The van der Waals surface area contributed by atoms with E-state index in [9.17, 15) is 8.42 Å². The number of nitrogens with zero attached hydrogens (tertiary/aromatic N) is 2. The molecule has 0 bridgehead atoms. The van der Waals surface area contributed by atoms with Crippen molar-refractivity contribution >= 4 is 21.5 Å². The first-order chi connectivity index (χ1) is 8.49. The molecule has 2 rings (SSSR count). The average Bonchev–Trinajstić information content (AvgIpc) is 2.29. The van der Waals surface area contributed by atoms with Crippen molar-refractivity contribution in [3.63, 3.8) is 0 Å². The van der Waals surface area contributed by atoms with Crippen LogP contribution in [0.25, 0.3) is 0 Å². The largest absolute Gasteiger partial charge is 0.398 e. The minimum atomic E-state index is -3.74. The van der Waals surface area contributed by atoms with Crippen molar-refractivity contribution < 1.29 is 8.42 Å². The highest BCUT2D eigenvalue weighted by Gasteiger charge is 2.17. The zero-order valence-electron chi connectivity index (χ0n) is 9.66. The molecule has 3 N–H and O–H groups in total. The summed E-state index contributed by atoms with van der Waals surface area (Å²) in [5.74, 6) is 0.150. The molecular formula is C11H12N4O2S. The van der Waals surface area contributed by atoms with Gasteiger partial charge in [-0.1, -0.05) is 6.07 Å². The summed E-state index contributed by atoms with van der Waals surface area (Å²) >= 11 is 0. The molecule has 18 heavy (non-hydrogen) atoms. The molecule has 1 aromatic carbocycles. The van der Waals surface area contributed by atoms with E-state index in [1.165, 1.54) is 24.7 Å². The van der Waals surface area contributed by atoms with E-state index < -0.39 is 10.0 Å². The van der Waals surface area contributed by atoms with Gasteiger partial charge in [0.2, 0.25) is 0 Å². The first kappa shape index (κ1) is 12.3. The van der Waals surface area contributed by atoms with Crippen LogP contribution in [0.4, 0.5) is 11.5 Å². The second-order valence-corrected chi connectivity index (χ2v) is 5.39. The van der Waals surface area contributed by atoms with Crippen molar-refractivity contribution in [1.29, 1.82) is 0 Å². The van der Waals surface area contributed by atoms with Crippen LogP contribution in [-0.2, 0) is 10.0 Å². The number of benzene rings is 1.